The van der Waals surface area contributed by atoms with Gasteiger partial charge < -0.3 is 15.2 Å². The number of benzene rings is 1. The van der Waals surface area contributed by atoms with Crippen LogP contribution in [0.2, 0.25) is 0 Å². The zero-order valence-corrected chi connectivity index (χ0v) is 25.4. The van der Waals surface area contributed by atoms with Crippen LogP contribution < -0.4 is 10.2 Å². The summed E-state index contributed by atoms with van der Waals surface area (Å²) < 4.78 is 49.4. The van der Waals surface area contributed by atoms with Crippen LogP contribution >= 0.6 is 0 Å². The number of halogens is 1. The normalized spacial score (nSPS) is 12.6. The van der Waals surface area contributed by atoms with Crippen LogP contribution in [-0.4, -0.2) is 56.2 Å². The van der Waals surface area contributed by atoms with Gasteiger partial charge in [-0.2, -0.15) is 4.39 Å². The number of hydrogen-bond acceptors (Lipinski definition) is 10. The van der Waals surface area contributed by atoms with Gasteiger partial charge in [-0.25, -0.2) is 37.0 Å². The van der Waals surface area contributed by atoms with Gasteiger partial charge in [-0.05, 0) is 64.1 Å². The number of pyridine rings is 2. The number of ether oxygens (including phenoxy) is 1. The molecule has 0 saturated heterocycles. The van der Waals surface area contributed by atoms with Crippen molar-refractivity contribution in [3.63, 3.8) is 0 Å². The van der Waals surface area contributed by atoms with Gasteiger partial charge in [0.15, 0.2) is 5.65 Å². The van der Waals surface area contributed by atoms with E-state index in [0.717, 1.165) is 8.87 Å². The first-order chi connectivity index (χ1) is 20.8. The smallest absolute Gasteiger partial charge is 0.420 e. The van der Waals surface area contributed by atoms with Crippen molar-refractivity contribution >= 4 is 44.5 Å². The Bertz CT molecular complexity index is 1940. The molecule has 4 aromatic heterocycles. The van der Waals surface area contributed by atoms with Crippen molar-refractivity contribution in [3.05, 3.63) is 96.1 Å². The van der Waals surface area contributed by atoms with Crippen LogP contribution in [-0.2, 0) is 14.8 Å². The topological polar surface area (TPSA) is 152 Å². The third-order valence-corrected chi connectivity index (χ3v) is 8.19. The maximum Gasteiger partial charge on any atom is 0.420 e. The Morgan fingerprint density at radius 1 is 1.05 bits per heavy atom. The zero-order valence-electron chi connectivity index (χ0n) is 24.6. The largest absolute Gasteiger partial charge is 0.443 e. The molecular weight excluding hydrogens is 589 g/mol. The second-order valence-corrected chi connectivity index (χ2v) is 12.6. The van der Waals surface area contributed by atoms with Crippen LogP contribution in [0.4, 0.5) is 26.5 Å². The van der Waals surface area contributed by atoms with E-state index in [1.807, 2.05) is 0 Å². The maximum absolute atomic E-state index is 15.8. The lowest BCUT2D eigenvalue weighted by molar-refractivity contribution is 0.0598. The summed E-state index contributed by atoms with van der Waals surface area (Å²) in [4.78, 5) is 30.8. The SMILES string of the molecule is CNc1ncnc2c1c(C(O)c1ccc(N(C(=O)OC(C)(C)C)c3ccc(C)nc3)nc1F)cn2S(=O)(=O)c1ccccc1. The van der Waals surface area contributed by atoms with Crippen LogP contribution in [0.15, 0.2) is 78.2 Å². The van der Waals surface area contributed by atoms with Crippen LogP contribution in [0.25, 0.3) is 11.0 Å². The highest BCUT2D eigenvalue weighted by atomic mass is 32.2. The lowest BCUT2D eigenvalue weighted by Gasteiger charge is -2.27. The van der Waals surface area contributed by atoms with E-state index in [0.29, 0.717) is 5.69 Å². The summed E-state index contributed by atoms with van der Waals surface area (Å²) in [6.45, 7) is 6.87. The first kappa shape index (κ1) is 30.5. The summed E-state index contributed by atoms with van der Waals surface area (Å²) in [7, 11) is -2.59. The van der Waals surface area contributed by atoms with Crippen LogP contribution in [0.1, 0.15) is 43.7 Å². The molecule has 0 radical (unpaired) electrons. The molecule has 1 aromatic carbocycles. The number of anilines is 3. The fourth-order valence-corrected chi connectivity index (χ4v) is 5.86. The molecule has 0 aliphatic carbocycles. The highest BCUT2D eigenvalue weighted by Gasteiger charge is 2.31. The number of rotatable bonds is 7. The predicted octanol–water partition coefficient (Wildman–Crippen LogP) is 5.10. The average molecular weight is 620 g/mol. The minimum Gasteiger partial charge on any atom is -0.443 e. The molecule has 0 aliphatic rings. The van der Waals surface area contributed by atoms with Crippen LogP contribution in [0.3, 0.4) is 0 Å². The summed E-state index contributed by atoms with van der Waals surface area (Å²) in [6, 6.07) is 13.6. The quantitative estimate of drug-likeness (QED) is 0.235. The first-order valence-electron chi connectivity index (χ1n) is 13.5. The van der Waals surface area contributed by atoms with E-state index in [-0.39, 0.29) is 44.4 Å². The summed E-state index contributed by atoms with van der Waals surface area (Å²) in [6.07, 6.45) is 1.30. The monoisotopic (exact) mass is 619 g/mol. The van der Waals surface area contributed by atoms with Crippen LogP contribution in [0.5, 0.6) is 0 Å². The number of nitrogens with zero attached hydrogens (tertiary/aromatic N) is 6. The van der Waals surface area contributed by atoms with Crippen molar-refractivity contribution in [2.75, 3.05) is 17.3 Å². The van der Waals surface area contributed by atoms with E-state index in [1.54, 1.807) is 65.1 Å². The molecule has 0 spiro atoms. The molecule has 228 valence electrons. The number of amides is 1. The third-order valence-electron chi connectivity index (χ3n) is 6.53. The zero-order chi connectivity index (χ0) is 31.8. The van der Waals surface area contributed by atoms with E-state index < -0.39 is 33.8 Å². The molecule has 44 heavy (non-hydrogen) atoms. The maximum atomic E-state index is 15.8. The minimum absolute atomic E-state index is 0.00686. The summed E-state index contributed by atoms with van der Waals surface area (Å²) in [5, 5.41) is 14.5. The van der Waals surface area contributed by atoms with E-state index in [9.17, 15) is 18.3 Å². The van der Waals surface area contributed by atoms with Gasteiger partial charge >= 0.3 is 6.09 Å². The number of aromatic nitrogens is 5. The molecule has 5 aromatic rings. The lowest BCUT2D eigenvalue weighted by Crippen LogP contribution is -2.34. The van der Waals surface area contributed by atoms with Crippen molar-refractivity contribution in [2.45, 2.75) is 44.3 Å². The molecule has 14 heteroatoms. The fourth-order valence-electron chi connectivity index (χ4n) is 4.51. The number of nitrogens with one attached hydrogen (secondary N) is 1. The Hall–Kier alpha value is -4.95. The number of aryl methyl sites for hydroxylation is 1. The Morgan fingerprint density at radius 2 is 1.77 bits per heavy atom. The number of carbonyl (C=O) groups is 1. The van der Waals surface area contributed by atoms with Gasteiger partial charge in [0.05, 0.1) is 22.2 Å². The number of fused-ring (bicyclic) bond motifs is 1. The van der Waals surface area contributed by atoms with Crippen molar-refractivity contribution in [3.8, 4) is 0 Å². The molecule has 2 N–H and O–H groups in total. The Kier molecular flexibility index (Phi) is 8.05. The van der Waals surface area contributed by atoms with Crippen molar-refractivity contribution in [2.24, 2.45) is 0 Å². The number of aliphatic hydroxyl groups excluding tert-OH is 1. The molecule has 1 unspecified atom stereocenters. The van der Waals surface area contributed by atoms with Gasteiger partial charge in [-0.1, -0.05) is 18.2 Å². The summed E-state index contributed by atoms with van der Waals surface area (Å²) >= 11 is 0. The van der Waals surface area contributed by atoms with Crippen LogP contribution in [0, 0.1) is 12.9 Å². The first-order valence-corrected chi connectivity index (χ1v) is 14.9. The molecule has 0 aliphatic heterocycles. The number of carbonyl (C=O) groups excluding carboxylic acids is 1. The third kappa shape index (κ3) is 5.81. The second kappa shape index (κ2) is 11.6. The molecular formula is C30H30FN7O5S. The van der Waals surface area contributed by atoms with Gasteiger partial charge in [0.25, 0.3) is 10.0 Å². The highest BCUT2D eigenvalue weighted by molar-refractivity contribution is 7.90. The van der Waals surface area contributed by atoms with Gasteiger partial charge in [0.2, 0.25) is 5.95 Å². The fraction of sp³-hybridized carbons (Fsp3) is 0.233. The predicted molar refractivity (Wildman–Crippen MR) is 162 cm³/mol. The van der Waals surface area contributed by atoms with Gasteiger partial charge in [-0.3, -0.25) is 4.98 Å². The van der Waals surface area contributed by atoms with E-state index >= 15 is 4.39 Å². The minimum atomic E-state index is -4.16. The van der Waals surface area contributed by atoms with E-state index in [1.165, 1.54) is 43.0 Å². The molecule has 12 nitrogen and oxygen atoms in total. The van der Waals surface area contributed by atoms with E-state index in [4.69, 9.17) is 4.74 Å². The molecule has 4 heterocycles. The molecule has 0 bridgehead atoms. The highest BCUT2D eigenvalue weighted by Crippen LogP contribution is 2.36. The molecule has 5 rings (SSSR count). The number of hydrogen-bond donors (Lipinski definition) is 2. The molecule has 1 atom stereocenters. The van der Waals surface area contributed by atoms with Gasteiger partial charge in [-0.15, -0.1) is 0 Å². The summed E-state index contributed by atoms with van der Waals surface area (Å²) in [5.41, 5.74) is -0.144. The molecule has 0 saturated carbocycles. The summed E-state index contributed by atoms with van der Waals surface area (Å²) in [5.74, 6) is -0.996. The molecule has 0 fully saturated rings. The lowest BCUT2D eigenvalue weighted by atomic mass is 10.0. The second-order valence-electron chi connectivity index (χ2n) is 10.8. The average Bonchev–Trinajstić information content (AvgIpc) is 3.38. The van der Waals surface area contributed by atoms with Crippen molar-refractivity contribution < 1.29 is 27.4 Å². The van der Waals surface area contributed by atoms with Crippen molar-refractivity contribution in [1.29, 1.82) is 0 Å². The van der Waals surface area contributed by atoms with Gasteiger partial charge in [0.1, 0.15) is 29.7 Å². The Morgan fingerprint density at radius 3 is 2.39 bits per heavy atom. The number of aliphatic hydroxyl groups is 1. The van der Waals surface area contributed by atoms with Crippen molar-refractivity contribution in [1.82, 2.24) is 23.9 Å². The Balaban J connectivity index is 1.61. The Labute approximate surface area is 253 Å². The standard InChI is InChI=1S/C30H30FN7O5S/c1-18-11-12-19(15-33-18)38(29(40)43-30(2,3)4)23-14-13-21(26(31)36-23)25(39)22-16-37(28-24(22)27(32-5)34-17-35-28)44(41,42)20-9-7-6-8-10-20/h6-17,25,39H,1-5H3,(H,32,34,35). The molecule has 1 amide bonds. The van der Waals surface area contributed by atoms with E-state index in [2.05, 4.69) is 25.3 Å². The van der Waals surface area contributed by atoms with Gasteiger partial charge in [0, 0.05) is 30.1 Å².